The fourth-order valence-corrected chi connectivity index (χ4v) is 3.61. The number of carboxylic acid groups (broad SMARTS) is 1. The Bertz CT molecular complexity index is 814. The van der Waals surface area contributed by atoms with E-state index < -0.39 is 16.0 Å². The van der Waals surface area contributed by atoms with E-state index in [1.54, 1.807) is 0 Å². The second-order valence-corrected chi connectivity index (χ2v) is 6.40. The number of pyridine rings is 1. The lowest BCUT2D eigenvalue weighted by Gasteiger charge is -2.08. The molecule has 0 saturated carbocycles. The number of aromatic amines is 1. The third-order valence-corrected chi connectivity index (χ3v) is 4.67. The average Bonchev–Trinajstić information content (AvgIpc) is 2.64. The van der Waals surface area contributed by atoms with Gasteiger partial charge in [0.2, 0.25) is 0 Å². The second kappa shape index (κ2) is 5.38. The molecule has 0 unspecified atom stereocenters. The number of sulfonamides is 1. The zero-order valence-corrected chi connectivity index (χ0v) is 12.7. The Kier molecular flexibility index (Phi) is 3.93. The van der Waals surface area contributed by atoms with Crippen molar-refractivity contribution >= 4 is 33.4 Å². The standard InChI is InChI=1S/C12H12ClN3O4S/c1-6-10(12(17)18)15-7(2)11(6)21(19,20)16-9-5-8(13)3-4-14-9/h3-5,15H,1-2H3,(H,14,16)(H,17,18). The summed E-state index contributed by atoms with van der Waals surface area (Å²) in [7, 11) is -3.97. The summed E-state index contributed by atoms with van der Waals surface area (Å²) in [6.07, 6.45) is 1.36. The maximum atomic E-state index is 12.4. The van der Waals surface area contributed by atoms with Crippen LogP contribution in [-0.2, 0) is 10.0 Å². The molecule has 112 valence electrons. The lowest BCUT2D eigenvalue weighted by Crippen LogP contribution is -2.15. The Labute approximate surface area is 126 Å². The highest BCUT2D eigenvalue weighted by molar-refractivity contribution is 7.92. The van der Waals surface area contributed by atoms with Gasteiger partial charge in [0.25, 0.3) is 10.0 Å². The molecule has 2 aromatic rings. The maximum Gasteiger partial charge on any atom is 0.352 e. The van der Waals surface area contributed by atoms with E-state index in [-0.39, 0.29) is 27.7 Å². The zero-order chi connectivity index (χ0) is 15.8. The first-order valence-corrected chi connectivity index (χ1v) is 7.65. The van der Waals surface area contributed by atoms with E-state index in [9.17, 15) is 13.2 Å². The quantitative estimate of drug-likeness (QED) is 0.795. The normalized spacial score (nSPS) is 11.4. The number of hydrogen-bond acceptors (Lipinski definition) is 4. The molecule has 0 atom stereocenters. The highest BCUT2D eigenvalue weighted by Crippen LogP contribution is 2.25. The summed E-state index contributed by atoms with van der Waals surface area (Å²) in [4.78, 5) is 17.3. The highest BCUT2D eigenvalue weighted by atomic mass is 35.5. The molecular formula is C12H12ClN3O4S. The molecule has 0 saturated heterocycles. The van der Waals surface area contributed by atoms with Gasteiger partial charge in [-0.15, -0.1) is 0 Å². The number of aromatic carboxylic acids is 1. The van der Waals surface area contributed by atoms with Gasteiger partial charge in [0.1, 0.15) is 16.4 Å². The third-order valence-electron chi connectivity index (χ3n) is 2.81. The van der Waals surface area contributed by atoms with Crippen LogP contribution < -0.4 is 4.72 Å². The van der Waals surface area contributed by atoms with E-state index in [0.717, 1.165) is 0 Å². The number of carbonyl (C=O) groups is 1. The van der Waals surface area contributed by atoms with Gasteiger partial charge in [-0.3, -0.25) is 4.72 Å². The van der Waals surface area contributed by atoms with Crippen molar-refractivity contribution in [2.45, 2.75) is 18.7 Å². The molecule has 7 nitrogen and oxygen atoms in total. The van der Waals surface area contributed by atoms with Crippen LogP contribution in [0.4, 0.5) is 5.82 Å². The van der Waals surface area contributed by atoms with Crippen molar-refractivity contribution in [1.82, 2.24) is 9.97 Å². The number of H-pyrrole nitrogens is 1. The number of carboxylic acids is 1. The number of nitrogens with zero attached hydrogens (tertiary/aromatic N) is 1. The van der Waals surface area contributed by atoms with E-state index in [0.29, 0.717) is 5.02 Å². The van der Waals surface area contributed by atoms with Gasteiger partial charge in [-0.1, -0.05) is 11.6 Å². The largest absolute Gasteiger partial charge is 0.477 e. The van der Waals surface area contributed by atoms with Crippen molar-refractivity contribution in [1.29, 1.82) is 0 Å². The molecule has 0 fully saturated rings. The summed E-state index contributed by atoms with van der Waals surface area (Å²) in [6, 6.07) is 2.86. The van der Waals surface area contributed by atoms with Crippen LogP contribution in [-0.4, -0.2) is 29.5 Å². The summed E-state index contributed by atoms with van der Waals surface area (Å²) >= 11 is 5.77. The number of rotatable bonds is 4. The Hall–Kier alpha value is -2.06. The summed E-state index contributed by atoms with van der Waals surface area (Å²) in [5.74, 6) is -1.17. The van der Waals surface area contributed by atoms with Gasteiger partial charge in [-0.25, -0.2) is 18.2 Å². The van der Waals surface area contributed by atoms with E-state index in [4.69, 9.17) is 16.7 Å². The van der Waals surface area contributed by atoms with Gasteiger partial charge in [-0.05, 0) is 19.9 Å². The lowest BCUT2D eigenvalue weighted by atomic mass is 10.2. The minimum Gasteiger partial charge on any atom is -0.477 e. The van der Waals surface area contributed by atoms with E-state index in [1.165, 1.54) is 32.2 Å². The van der Waals surface area contributed by atoms with Crippen molar-refractivity contribution in [2.75, 3.05) is 4.72 Å². The topological polar surface area (TPSA) is 112 Å². The van der Waals surface area contributed by atoms with Gasteiger partial charge in [0.15, 0.2) is 0 Å². The van der Waals surface area contributed by atoms with Gasteiger partial charge in [-0.2, -0.15) is 0 Å². The lowest BCUT2D eigenvalue weighted by molar-refractivity contribution is 0.0690. The summed E-state index contributed by atoms with van der Waals surface area (Å²) in [5, 5.41) is 9.35. The minimum absolute atomic E-state index is 0.0550. The maximum absolute atomic E-state index is 12.4. The van der Waals surface area contributed by atoms with Gasteiger partial charge in [0.05, 0.1) is 0 Å². The fourth-order valence-electron chi connectivity index (χ4n) is 2.00. The number of aryl methyl sites for hydroxylation is 1. The Morgan fingerprint density at radius 3 is 2.62 bits per heavy atom. The van der Waals surface area contributed by atoms with Crippen LogP contribution >= 0.6 is 11.6 Å². The molecule has 0 aromatic carbocycles. The number of anilines is 1. The first-order valence-electron chi connectivity index (χ1n) is 5.79. The monoisotopic (exact) mass is 329 g/mol. The predicted octanol–water partition coefficient (Wildman–Crippen LogP) is 2.18. The van der Waals surface area contributed by atoms with E-state index in [2.05, 4.69) is 14.7 Å². The molecule has 2 rings (SSSR count). The number of hydrogen-bond donors (Lipinski definition) is 3. The van der Waals surface area contributed by atoms with Crippen molar-refractivity contribution < 1.29 is 18.3 Å². The Morgan fingerprint density at radius 2 is 2.10 bits per heavy atom. The number of nitrogens with one attached hydrogen (secondary N) is 2. The molecule has 3 N–H and O–H groups in total. The Morgan fingerprint density at radius 1 is 1.43 bits per heavy atom. The van der Waals surface area contributed by atoms with Crippen LogP contribution in [0.2, 0.25) is 5.02 Å². The number of halogens is 1. The van der Waals surface area contributed by atoms with Gasteiger partial charge in [0, 0.05) is 28.5 Å². The molecule has 0 aliphatic rings. The van der Waals surface area contributed by atoms with Crippen molar-refractivity contribution in [3.05, 3.63) is 40.3 Å². The summed E-state index contributed by atoms with van der Waals surface area (Å²) in [6.45, 7) is 2.91. The second-order valence-electron chi connectivity index (χ2n) is 4.35. The minimum atomic E-state index is -3.97. The van der Waals surface area contributed by atoms with Crippen LogP contribution in [0.1, 0.15) is 21.7 Å². The molecule has 0 aliphatic heterocycles. The molecule has 0 radical (unpaired) electrons. The molecular weight excluding hydrogens is 318 g/mol. The first-order chi connectivity index (χ1) is 9.72. The molecule has 0 aliphatic carbocycles. The SMILES string of the molecule is Cc1[nH]c(C(=O)O)c(C)c1S(=O)(=O)Nc1cc(Cl)ccn1. The fraction of sp³-hybridized carbons (Fsp3) is 0.167. The third kappa shape index (κ3) is 3.01. The van der Waals surface area contributed by atoms with Gasteiger partial charge < -0.3 is 10.1 Å². The van der Waals surface area contributed by atoms with Crippen molar-refractivity contribution in [2.24, 2.45) is 0 Å². The molecule has 9 heteroatoms. The zero-order valence-electron chi connectivity index (χ0n) is 11.1. The Balaban J connectivity index is 2.48. The summed E-state index contributed by atoms with van der Waals surface area (Å²) < 4.78 is 27.0. The molecule has 0 spiro atoms. The highest BCUT2D eigenvalue weighted by Gasteiger charge is 2.26. The molecule has 2 heterocycles. The molecule has 2 aromatic heterocycles. The van der Waals surface area contributed by atoms with Crippen LogP contribution in [0.25, 0.3) is 0 Å². The van der Waals surface area contributed by atoms with Crippen molar-refractivity contribution in [3.63, 3.8) is 0 Å². The van der Waals surface area contributed by atoms with E-state index in [1.807, 2.05) is 0 Å². The molecule has 0 bridgehead atoms. The number of aromatic nitrogens is 2. The van der Waals surface area contributed by atoms with Crippen LogP contribution in [0, 0.1) is 13.8 Å². The van der Waals surface area contributed by atoms with Crippen LogP contribution in [0.15, 0.2) is 23.2 Å². The summed E-state index contributed by atoms with van der Waals surface area (Å²) in [5.41, 5.74) is 0.209. The molecule has 21 heavy (non-hydrogen) atoms. The predicted molar refractivity (Wildman–Crippen MR) is 77.3 cm³/mol. The van der Waals surface area contributed by atoms with Crippen LogP contribution in [0.3, 0.4) is 0 Å². The van der Waals surface area contributed by atoms with Gasteiger partial charge >= 0.3 is 5.97 Å². The first kappa shape index (κ1) is 15.3. The smallest absolute Gasteiger partial charge is 0.352 e. The van der Waals surface area contributed by atoms with Crippen molar-refractivity contribution in [3.8, 4) is 0 Å². The average molecular weight is 330 g/mol. The molecule has 0 amide bonds. The van der Waals surface area contributed by atoms with E-state index >= 15 is 0 Å². The van der Waals surface area contributed by atoms with Crippen LogP contribution in [0.5, 0.6) is 0 Å².